The van der Waals surface area contributed by atoms with Gasteiger partial charge < -0.3 is 25.4 Å². The van der Waals surface area contributed by atoms with Crippen LogP contribution in [0.1, 0.15) is 0 Å². The summed E-state index contributed by atoms with van der Waals surface area (Å²) < 4.78 is 63.6. The van der Waals surface area contributed by atoms with Crippen molar-refractivity contribution in [1.82, 2.24) is 19.6 Å². The molecule has 1 aromatic heterocycles. The molecule has 0 aliphatic carbocycles. The number of carboxylic acids is 1. The molecule has 4 N–H and O–H groups in total. The van der Waals surface area contributed by atoms with Crippen molar-refractivity contribution < 1.29 is 41.0 Å². The Bertz CT molecular complexity index is 1400. The van der Waals surface area contributed by atoms with Crippen LogP contribution in [-0.4, -0.2) is 74.2 Å². The van der Waals surface area contributed by atoms with Crippen LogP contribution < -0.4 is 20.1 Å². The highest BCUT2D eigenvalue weighted by molar-refractivity contribution is 7.89. The molecule has 0 spiro atoms. The highest BCUT2D eigenvalue weighted by Gasteiger charge is 2.38. The lowest BCUT2D eigenvalue weighted by Gasteiger charge is -2.13. The summed E-state index contributed by atoms with van der Waals surface area (Å²) in [5.41, 5.74) is 1.28. The number of alkyl halides is 3. The Morgan fingerprint density at radius 3 is 2.03 bits per heavy atom. The molecule has 210 valence electrons. The number of carbonyl (C=O) groups is 2. The van der Waals surface area contributed by atoms with Crippen molar-refractivity contribution in [3.8, 4) is 5.75 Å². The summed E-state index contributed by atoms with van der Waals surface area (Å²) in [7, 11) is 1.14. The second kappa shape index (κ2) is 13.4. The maximum absolute atomic E-state index is 12.0. The van der Waals surface area contributed by atoms with Crippen molar-refractivity contribution in [2.75, 3.05) is 38.4 Å². The summed E-state index contributed by atoms with van der Waals surface area (Å²) in [4.78, 5) is 30.6. The first-order chi connectivity index (χ1) is 18.2. The van der Waals surface area contributed by atoms with Gasteiger partial charge in [0.2, 0.25) is 10.0 Å². The van der Waals surface area contributed by atoms with Gasteiger partial charge in [-0.3, -0.25) is 4.79 Å². The van der Waals surface area contributed by atoms with E-state index in [-0.39, 0.29) is 17.4 Å². The number of nitrogens with zero attached hydrogens (tertiary/aromatic N) is 3. The highest BCUT2D eigenvalue weighted by Crippen LogP contribution is 2.23. The van der Waals surface area contributed by atoms with E-state index >= 15 is 0 Å². The number of aromatic nitrogens is 2. The van der Waals surface area contributed by atoms with Crippen molar-refractivity contribution in [3.63, 3.8) is 0 Å². The molecule has 0 radical (unpaired) electrons. The molecule has 12 nitrogen and oxygen atoms in total. The Kier molecular flexibility index (Phi) is 10.6. The SMILES string of the molecule is CNS(=O)(=O)c1cccc(Nc2cc(Nc3cccc(OCC(=O)N(C)C)c3)ncn2)c1.O=C(O)C(F)(F)F. The van der Waals surface area contributed by atoms with Crippen LogP contribution in [0.3, 0.4) is 0 Å². The number of benzene rings is 2. The molecule has 3 aromatic rings. The number of halogens is 3. The van der Waals surface area contributed by atoms with Crippen molar-refractivity contribution >= 4 is 44.9 Å². The summed E-state index contributed by atoms with van der Waals surface area (Å²) in [6, 6.07) is 15.2. The quantitative estimate of drug-likeness (QED) is 0.301. The topological polar surface area (TPSA) is 163 Å². The van der Waals surface area contributed by atoms with E-state index in [0.29, 0.717) is 28.8 Å². The molecule has 3 rings (SSSR count). The summed E-state index contributed by atoms with van der Waals surface area (Å²) in [5, 5.41) is 13.3. The molecule has 0 atom stereocenters. The van der Waals surface area contributed by atoms with Crippen LogP contribution in [0.2, 0.25) is 0 Å². The fraction of sp³-hybridized carbons (Fsp3) is 0.217. The third-order valence-corrected chi connectivity index (χ3v) is 5.97. The summed E-state index contributed by atoms with van der Waals surface area (Å²) in [6.45, 7) is -0.0552. The van der Waals surface area contributed by atoms with Crippen LogP contribution >= 0.6 is 0 Å². The zero-order valence-electron chi connectivity index (χ0n) is 20.9. The van der Waals surface area contributed by atoms with E-state index in [4.69, 9.17) is 14.6 Å². The maximum atomic E-state index is 12.0. The van der Waals surface area contributed by atoms with Gasteiger partial charge in [-0.15, -0.1) is 0 Å². The first kappa shape index (κ1) is 30.8. The number of sulfonamides is 1. The normalized spacial score (nSPS) is 11.0. The maximum Gasteiger partial charge on any atom is 0.490 e. The average Bonchev–Trinajstić information content (AvgIpc) is 2.87. The number of rotatable bonds is 9. The number of likely N-dealkylation sites (N-methyl/N-ethyl adjacent to an activating group) is 1. The van der Waals surface area contributed by atoms with Gasteiger partial charge in [-0.2, -0.15) is 13.2 Å². The Morgan fingerprint density at radius 2 is 1.51 bits per heavy atom. The van der Waals surface area contributed by atoms with Crippen LogP contribution in [0, 0.1) is 0 Å². The van der Waals surface area contributed by atoms with Crippen molar-refractivity contribution in [2.45, 2.75) is 11.1 Å². The van der Waals surface area contributed by atoms with E-state index in [9.17, 15) is 26.4 Å². The number of carboxylic acid groups (broad SMARTS) is 1. The van der Waals surface area contributed by atoms with Crippen LogP contribution in [0.15, 0.2) is 65.8 Å². The first-order valence-corrected chi connectivity index (χ1v) is 12.3. The molecule has 39 heavy (non-hydrogen) atoms. The van der Waals surface area contributed by atoms with E-state index < -0.39 is 22.2 Å². The van der Waals surface area contributed by atoms with Crippen LogP contribution in [0.25, 0.3) is 0 Å². The fourth-order valence-electron chi connectivity index (χ4n) is 2.59. The van der Waals surface area contributed by atoms with Gasteiger partial charge in [0.1, 0.15) is 23.7 Å². The van der Waals surface area contributed by atoms with E-state index in [0.717, 1.165) is 0 Å². The van der Waals surface area contributed by atoms with E-state index in [1.807, 2.05) is 6.07 Å². The third kappa shape index (κ3) is 10.1. The highest BCUT2D eigenvalue weighted by atomic mass is 32.2. The summed E-state index contributed by atoms with van der Waals surface area (Å²) in [5.74, 6) is -1.36. The molecule has 0 saturated heterocycles. The number of nitrogens with one attached hydrogen (secondary N) is 3. The predicted molar refractivity (Wildman–Crippen MR) is 136 cm³/mol. The van der Waals surface area contributed by atoms with Crippen molar-refractivity contribution in [1.29, 1.82) is 0 Å². The van der Waals surface area contributed by atoms with Gasteiger partial charge in [-0.25, -0.2) is 27.9 Å². The standard InChI is InChI=1S/C21H24N6O4S.C2HF3O2/c1-22-32(29,30)18-9-5-7-16(11-18)26-20-12-19(23-14-24-20)25-15-6-4-8-17(10-15)31-13-21(28)27(2)3;3-2(4,5)1(6)7/h4-12,14,22H,13H2,1-3H3,(H2,23,24,25,26);(H,6,7). The van der Waals surface area contributed by atoms with Gasteiger partial charge in [0.05, 0.1) is 4.90 Å². The lowest BCUT2D eigenvalue weighted by molar-refractivity contribution is -0.192. The summed E-state index contributed by atoms with van der Waals surface area (Å²) in [6.07, 6.45) is -3.70. The predicted octanol–water partition coefficient (Wildman–Crippen LogP) is 2.97. The molecule has 0 fully saturated rings. The Labute approximate surface area is 221 Å². The Balaban J connectivity index is 0.000000673. The number of amides is 1. The fourth-order valence-corrected chi connectivity index (χ4v) is 3.36. The molecule has 0 unspecified atom stereocenters. The Hall–Kier alpha value is -4.44. The largest absolute Gasteiger partial charge is 0.490 e. The Morgan fingerprint density at radius 1 is 0.974 bits per heavy atom. The van der Waals surface area contributed by atoms with E-state index in [1.165, 1.54) is 30.4 Å². The molecule has 2 aromatic carbocycles. The molecule has 0 aliphatic rings. The lowest BCUT2D eigenvalue weighted by Crippen LogP contribution is -2.27. The number of anilines is 4. The molecule has 1 heterocycles. The van der Waals surface area contributed by atoms with Gasteiger partial charge in [-0.05, 0) is 37.4 Å². The molecule has 0 aliphatic heterocycles. The van der Waals surface area contributed by atoms with Crippen LogP contribution in [0.5, 0.6) is 5.75 Å². The van der Waals surface area contributed by atoms with Gasteiger partial charge >= 0.3 is 12.1 Å². The third-order valence-electron chi connectivity index (χ3n) is 4.56. The van der Waals surface area contributed by atoms with Crippen LogP contribution in [-0.2, 0) is 19.6 Å². The molecular formula is C23H25F3N6O6S. The second-order valence-corrected chi connectivity index (χ2v) is 9.57. The smallest absolute Gasteiger partial charge is 0.484 e. The van der Waals surface area contributed by atoms with Gasteiger partial charge in [0, 0.05) is 37.6 Å². The number of aliphatic carboxylic acids is 1. The minimum atomic E-state index is -5.08. The van der Waals surface area contributed by atoms with Crippen molar-refractivity contribution in [2.24, 2.45) is 0 Å². The second-order valence-electron chi connectivity index (χ2n) is 7.68. The van der Waals surface area contributed by atoms with E-state index in [2.05, 4.69) is 25.3 Å². The zero-order valence-corrected chi connectivity index (χ0v) is 21.7. The summed E-state index contributed by atoms with van der Waals surface area (Å²) >= 11 is 0. The molecule has 0 saturated carbocycles. The number of carbonyl (C=O) groups excluding carboxylic acids is 1. The number of hydrogen-bond donors (Lipinski definition) is 4. The molecule has 1 amide bonds. The van der Waals surface area contributed by atoms with Crippen molar-refractivity contribution in [3.05, 3.63) is 60.9 Å². The van der Waals surface area contributed by atoms with Gasteiger partial charge in [0.25, 0.3) is 5.91 Å². The average molecular weight is 571 g/mol. The molecule has 0 bridgehead atoms. The van der Waals surface area contributed by atoms with Gasteiger partial charge in [-0.1, -0.05) is 12.1 Å². The monoisotopic (exact) mass is 570 g/mol. The lowest BCUT2D eigenvalue weighted by atomic mass is 10.3. The minimum Gasteiger partial charge on any atom is -0.484 e. The van der Waals surface area contributed by atoms with Gasteiger partial charge in [0.15, 0.2) is 6.61 Å². The van der Waals surface area contributed by atoms with E-state index in [1.54, 1.807) is 50.5 Å². The minimum absolute atomic E-state index is 0.0552. The number of ether oxygens (including phenoxy) is 1. The van der Waals surface area contributed by atoms with Crippen LogP contribution in [0.4, 0.5) is 36.2 Å². The molecule has 16 heteroatoms. The molecular weight excluding hydrogens is 545 g/mol. The first-order valence-electron chi connectivity index (χ1n) is 10.8. The zero-order chi connectivity index (χ0) is 29.2. The number of hydrogen-bond acceptors (Lipinski definition) is 9.